The van der Waals surface area contributed by atoms with Crippen LogP contribution in [-0.4, -0.2) is 9.59 Å². The van der Waals surface area contributed by atoms with E-state index in [1.165, 1.54) is 28.3 Å². The second kappa shape index (κ2) is 4.93. The second-order valence-electron chi connectivity index (χ2n) is 3.66. The van der Waals surface area contributed by atoms with Crippen molar-refractivity contribution in [1.82, 2.24) is 9.59 Å². The standard InChI is InChI=1S/C11H12BrN3S/c1-7-3-9(12)4-8(2)11(7)13-5-10-6-16-15-14-10/h3-4,6,13H,5H2,1-2H3. The Kier molecular flexibility index (Phi) is 3.56. The van der Waals surface area contributed by atoms with Gasteiger partial charge in [-0.3, -0.25) is 0 Å². The number of anilines is 1. The lowest BCUT2D eigenvalue weighted by atomic mass is 10.1. The highest BCUT2D eigenvalue weighted by Gasteiger charge is 2.04. The van der Waals surface area contributed by atoms with Gasteiger partial charge in [-0.15, -0.1) is 5.10 Å². The third kappa shape index (κ3) is 2.59. The molecule has 3 nitrogen and oxygen atoms in total. The highest BCUT2D eigenvalue weighted by Crippen LogP contribution is 2.25. The van der Waals surface area contributed by atoms with Crippen molar-refractivity contribution in [2.24, 2.45) is 0 Å². The van der Waals surface area contributed by atoms with Gasteiger partial charge in [0, 0.05) is 15.5 Å². The zero-order valence-corrected chi connectivity index (χ0v) is 11.5. The highest BCUT2D eigenvalue weighted by atomic mass is 79.9. The van der Waals surface area contributed by atoms with Crippen molar-refractivity contribution in [3.63, 3.8) is 0 Å². The zero-order chi connectivity index (χ0) is 11.5. The predicted molar refractivity (Wildman–Crippen MR) is 70.9 cm³/mol. The minimum absolute atomic E-state index is 0.722. The minimum atomic E-state index is 0.722. The van der Waals surface area contributed by atoms with Crippen molar-refractivity contribution < 1.29 is 0 Å². The van der Waals surface area contributed by atoms with Crippen LogP contribution in [0.25, 0.3) is 0 Å². The van der Waals surface area contributed by atoms with Crippen LogP contribution in [-0.2, 0) is 6.54 Å². The Balaban J connectivity index is 2.15. The molecule has 2 rings (SSSR count). The molecule has 0 aliphatic heterocycles. The van der Waals surface area contributed by atoms with Gasteiger partial charge in [0.25, 0.3) is 0 Å². The van der Waals surface area contributed by atoms with Gasteiger partial charge in [-0.25, -0.2) is 0 Å². The molecule has 0 aliphatic carbocycles. The molecule has 0 saturated carbocycles. The average Bonchev–Trinajstić information content (AvgIpc) is 2.68. The fraction of sp³-hybridized carbons (Fsp3) is 0.273. The van der Waals surface area contributed by atoms with E-state index in [0.717, 1.165) is 16.7 Å². The summed E-state index contributed by atoms with van der Waals surface area (Å²) in [7, 11) is 0. The Morgan fingerprint density at radius 1 is 1.31 bits per heavy atom. The van der Waals surface area contributed by atoms with E-state index in [1.54, 1.807) is 0 Å². The molecule has 0 saturated heterocycles. The molecule has 0 bridgehead atoms. The molecule has 0 aliphatic rings. The Bertz CT molecular complexity index is 459. The molecule has 1 aromatic carbocycles. The summed E-state index contributed by atoms with van der Waals surface area (Å²) < 4.78 is 4.95. The number of hydrogen-bond donors (Lipinski definition) is 1. The molecule has 0 unspecified atom stereocenters. The van der Waals surface area contributed by atoms with Crippen molar-refractivity contribution in [1.29, 1.82) is 0 Å². The lowest BCUT2D eigenvalue weighted by Gasteiger charge is -2.12. The number of halogens is 1. The first-order valence-corrected chi connectivity index (χ1v) is 6.56. The van der Waals surface area contributed by atoms with E-state index in [0.29, 0.717) is 0 Å². The highest BCUT2D eigenvalue weighted by molar-refractivity contribution is 9.10. The SMILES string of the molecule is Cc1cc(Br)cc(C)c1NCc1csnn1. The summed E-state index contributed by atoms with van der Waals surface area (Å²) >= 11 is 4.87. The summed E-state index contributed by atoms with van der Waals surface area (Å²) in [6.45, 7) is 4.92. The van der Waals surface area contributed by atoms with Crippen LogP contribution in [0.5, 0.6) is 0 Å². The number of hydrogen-bond acceptors (Lipinski definition) is 4. The number of aryl methyl sites for hydroxylation is 2. The van der Waals surface area contributed by atoms with Gasteiger partial charge in [-0.05, 0) is 48.6 Å². The third-order valence-electron chi connectivity index (χ3n) is 2.35. The van der Waals surface area contributed by atoms with E-state index in [4.69, 9.17) is 0 Å². The molecule has 84 valence electrons. The summed E-state index contributed by atoms with van der Waals surface area (Å²) in [6, 6.07) is 4.21. The van der Waals surface area contributed by atoms with Crippen LogP contribution in [0.4, 0.5) is 5.69 Å². The van der Waals surface area contributed by atoms with E-state index >= 15 is 0 Å². The van der Waals surface area contributed by atoms with Crippen molar-refractivity contribution in [2.45, 2.75) is 20.4 Å². The molecule has 0 atom stereocenters. The lowest BCUT2D eigenvalue weighted by Crippen LogP contribution is -2.03. The van der Waals surface area contributed by atoms with Crippen LogP contribution < -0.4 is 5.32 Å². The van der Waals surface area contributed by atoms with Gasteiger partial charge >= 0.3 is 0 Å². The summed E-state index contributed by atoms with van der Waals surface area (Å²) in [4.78, 5) is 0. The van der Waals surface area contributed by atoms with Gasteiger partial charge in [0.2, 0.25) is 0 Å². The quantitative estimate of drug-likeness (QED) is 0.942. The van der Waals surface area contributed by atoms with Crippen LogP contribution in [0.2, 0.25) is 0 Å². The maximum absolute atomic E-state index is 4.00. The molecule has 1 aromatic heterocycles. The minimum Gasteiger partial charge on any atom is -0.379 e. The Labute approximate surface area is 107 Å². The van der Waals surface area contributed by atoms with Gasteiger partial charge in [0.05, 0.1) is 12.2 Å². The van der Waals surface area contributed by atoms with E-state index < -0.39 is 0 Å². The van der Waals surface area contributed by atoms with Gasteiger partial charge < -0.3 is 5.32 Å². The Morgan fingerprint density at radius 3 is 2.56 bits per heavy atom. The summed E-state index contributed by atoms with van der Waals surface area (Å²) in [5.41, 5.74) is 4.62. The maximum atomic E-state index is 4.00. The first kappa shape index (κ1) is 11.5. The smallest absolute Gasteiger partial charge is 0.0946 e. The molecule has 5 heteroatoms. The van der Waals surface area contributed by atoms with Crippen molar-refractivity contribution in [3.05, 3.63) is 38.8 Å². The van der Waals surface area contributed by atoms with Crippen LogP contribution in [0.1, 0.15) is 16.8 Å². The molecule has 1 heterocycles. The number of benzene rings is 1. The Morgan fingerprint density at radius 2 is 2.00 bits per heavy atom. The molecular weight excluding hydrogens is 286 g/mol. The Hall–Kier alpha value is -0.940. The molecular formula is C11H12BrN3S. The first-order chi connectivity index (χ1) is 7.66. The number of rotatable bonds is 3. The predicted octanol–water partition coefficient (Wildman–Crippen LogP) is 3.53. The maximum Gasteiger partial charge on any atom is 0.0946 e. The van der Waals surface area contributed by atoms with E-state index in [-0.39, 0.29) is 0 Å². The van der Waals surface area contributed by atoms with Crippen molar-refractivity contribution >= 4 is 33.1 Å². The fourth-order valence-corrected chi connectivity index (χ4v) is 2.77. The summed E-state index contributed by atoms with van der Waals surface area (Å²) in [6.07, 6.45) is 0. The van der Waals surface area contributed by atoms with Crippen molar-refractivity contribution in [3.8, 4) is 0 Å². The van der Waals surface area contributed by atoms with Crippen LogP contribution in [0.3, 0.4) is 0 Å². The lowest BCUT2D eigenvalue weighted by molar-refractivity contribution is 0.994. The summed E-state index contributed by atoms with van der Waals surface area (Å²) in [5, 5.41) is 9.35. The molecule has 1 N–H and O–H groups in total. The van der Waals surface area contributed by atoms with Gasteiger partial charge in [-0.2, -0.15) is 0 Å². The van der Waals surface area contributed by atoms with Crippen LogP contribution in [0, 0.1) is 13.8 Å². The van der Waals surface area contributed by atoms with Gasteiger partial charge in [0.15, 0.2) is 0 Å². The molecule has 16 heavy (non-hydrogen) atoms. The van der Waals surface area contributed by atoms with E-state index in [2.05, 4.69) is 56.8 Å². The average molecular weight is 298 g/mol. The second-order valence-corrected chi connectivity index (χ2v) is 5.19. The van der Waals surface area contributed by atoms with Gasteiger partial charge in [-0.1, -0.05) is 20.4 Å². The van der Waals surface area contributed by atoms with Crippen molar-refractivity contribution in [2.75, 3.05) is 5.32 Å². The molecule has 0 radical (unpaired) electrons. The number of nitrogens with one attached hydrogen (secondary N) is 1. The topological polar surface area (TPSA) is 37.8 Å². The third-order valence-corrected chi connectivity index (χ3v) is 3.36. The monoisotopic (exact) mass is 297 g/mol. The normalized spacial score (nSPS) is 10.4. The largest absolute Gasteiger partial charge is 0.379 e. The molecule has 2 aromatic rings. The summed E-state index contributed by atoms with van der Waals surface area (Å²) in [5.74, 6) is 0. The van der Waals surface area contributed by atoms with E-state index in [9.17, 15) is 0 Å². The molecule has 0 fully saturated rings. The van der Waals surface area contributed by atoms with Crippen LogP contribution in [0.15, 0.2) is 22.0 Å². The van der Waals surface area contributed by atoms with Gasteiger partial charge in [0.1, 0.15) is 0 Å². The van der Waals surface area contributed by atoms with E-state index in [1.807, 2.05) is 5.38 Å². The van der Waals surface area contributed by atoms with Crippen LogP contribution >= 0.6 is 27.5 Å². The zero-order valence-electron chi connectivity index (χ0n) is 9.12. The number of nitrogens with zero attached hydrogens (tertiary/aromatic N) is 2. The fourth-order valence-electron chi connectivity index (χ4n) is 1.63. The molecule has 0 spiro atoms. The molecule has 0 amide bonds. The number of aromatic nitrogens is 2. The first-order valence-electron chi connectivity index (χ1n) is 4.93.